The standard InChI is InChI=1S/C14H15N5O/c1-15-9-14-17-16-13-8-7-12(18-19(13)14)10-3-5-11(20-2)6-4-10/h3-8,15H,9H2,1-2H3. The Kier molecular flexibility index (Phi) is 3.30. The Hall–Kier alpha value is -2.47. The molecule has 0 aliphatic rings. The number of methoxy groups -OCH3 is 1. The van der Waals surface area contributed by atoms with Gasteiger partial charge in [0, 0.05) is 5.56 Å². The minimum absolute atomic E-state index is 0.625. The van der Waals surface area contributed by atoms with Gasteiger partial charge in [0.2, 0.25) is 0 Å². The van der Waals surface area contributed by atoms with E-state index in [1.807, 2.05) is 43.4 Å². The molecule has 0 fully saturated rings. The highest BCUT2D eigenvalue weighted by Gasteiger charge is 2.08. The Labute approximate surface area is 116 Å². The summed E-state index contributed by atoms with van der Waals surface area (Å²) in [6.45, 7) is 0.625. The van der Waals surface area contributed by atoms with Crippen LogP contribution >= 0.6 is 0 Å². The van der Waals surface area contributed by atoms with Gasteiger partial charge in [0.1, 0.15) is 5.75 Å². The van der Waals surface area contributed by atoms with Gasteiger partial charge in [-0.3, -0.25) is 0 Å². The van der Waals surface area contributed by atoms with Crippen molar-refractivity contribution in [2.24, 2.45) is 0 Å². The van der Waals surface area contributed by atoms with Crippen molar-refractivity contribution in [3.63, 3.8) is 0 Å². The third-order valence-electron chi connectivity index (χ3n) is 3.05. The van der Waals surface area contributed by atoms with Crippen molar-refractivity contribution in [1.82, 2.24) is 25.1 Å². The van der Waals surface area contributed by atoms with Crippen molar-refractivity contribution in [3.05, 3.63) is 42.2 Å². The maximum atomic E-state index is 5.16. The monoisotopic (exact) mass is 269 g/mol. The Morgan fingerprint density at radius 3 is 2.60 bits per heavy atom. The first-order chi connectivity index (χ1) is 9.81. The Morgan fingerprint density at radius 1 is 1.10 bits per heavy atom. The molecule has 0 aliphatic carbocycles. The first-order valence-corrected chi connectivity index (χ1v) is 6.32. The number of ether oxygens (including phenoxy) is 1. The molecule has 0 spiro atoms. The molecule has 0 radical (unpaired) electrons. The van der Waals surface area contributed by atoms with E-state index in [4.69, 9.17) is 4.74 Å². The second kappa shape index (κ2) is 5.26. The lowest BCUT2D eigenvalue weighted by atomic mass is 10.1. The summed E-state index contributed by atoms with van der Waals surface area (Å²) in [6, 6.07) is 11.7. The molecule has 6 heteroatoms. The van der Waals surface area contributed by atoms with E-state index in [9.17, 15) is 0 Å². The summed E-state index contributed by atoms with van der Waals surface area (Å²) in [4.78, 5) is 0. The molecule has 20 heavy (non-hydrogen) atoms. The average molecular weight is 269 g/mol. The molecule has 0 aliphatic heterocycles. The fourth-order valence-electron chi connectivity index (χ4n) is 2.02. The average Bonchev–Trinajstić information content (AvgIpc) is 2.90. The van der Waals surface area contributed by atoms with Crippen LogP contribution in [-0.4, -0.2) is 34.0 Å². The smallest absolute Gasteiger partial charge is 0.177 e. The number of nitrogens with one attached hydrogen (secondary N) is 1. The van der Waals surface area contributed by atoms with Crippen LogP contribution in [0.3, 0.4) is 0 Å². The summed E-state index contributed by atoms with van der Waals surface area (Å²) in [7, 11) is 3.52. The molecule has 0 saturated heterocycles. The normalized spacial score (nSPS) is 10.9. The molecule has 102 valence electrons. The molecule has 0 atom stereocenters. The third kappa shape index (κ3) is 2.21. The van der Waals surface area contributed by atoms with E-state index in [1.54, 1.807) is 11.6 Å². The van der Waals surface area contributed by atoms with Crippen LogP contribution in [0.15, 0.2) is 36.4 Å². The fourth-order valence-corrected chi connectivity index (χ4v) is 2.02. The molecule has 1 aromatic carbocycles. The SMILES string of the molecule is CNCc1nnc2ccc(-c3ccc(OC)cc3)nn12. The van der Waals surface area contributed by atoms with Crippen LogP contribution < -0.4 is 10.1 Å². The number of hydrogen-bond acceptors (Lipinski definition) is 5. The van der Waals surface area contributed by atoms with Gasteiger partial charge in [-0.15, -0.1) is 10.2 Å². The van der Waals surface area contributed by atoms with Crippen molar-refractivity contribution < 1.29 is 4.74 Å². The van der Waals surface area contributed by atoms with E-state index in [0.717, 1.165) is 28.5 Å². The Morgan fingerprint density at radius 2 is 1.90 bits per heavy atom. The summed E-state index contributed by atoms with van der Waals surface area (Å²) in [5.74, 6) is 1.62. The molecule has 3 aromatic rings. The van der Waals surface area contributed by atoms with Crippen LogP contribution in [0.2, 0.25) is 0 Å². The van der Waals surface area contributed by atoms with Crippen LogP contribution in [-0.2, 0) is 6.54 Å². The van der Waals surface area contributed by atoms with Gasteiger partial charge in [-0.1, -0.05) is 0 Å². The van der Waals surface area contributed by atoms with Crippen molar-refractivity contribution in [3.8, 4) is 17.0 Å². The van der Waals surface area contributed by atoms with Crippen molar-refractivity contribution >= 4 is 5.65 Å². The van der Waals surface area contributed by atoms with E-state index in [-0.39, 0.29) is 0 Å². The lowest BCUT2D eigenvalue weighted by Gasteiger charge is -2.04. The van der Waals surface area contributed by atoms with E-state index in [0.29, 0.717) is 6.54 Å². The van der Waals surface area contributed by atoms with Gasteiger partial charge in [-0.2, -0.15) is 9.61 Å². The summed E-state index contributed by atoms with van der Waals surface area (Å²) in [6.07, 6.45) is 0. The van der Waals surface area contributed by atoms with Crippen molar-refractivity contribution in [1.29, 1.82) is 0 Å². The number of rotatable bonds is 4. The number of fused-ring (bicyclic) bond motifs is 1. The fraction of sp³-hybridized carbons (Fsp3) is 0.214. The number of aromatic nitrogens is 4. The number of nitrogens with zero attached hydrogens (tertiary/aromatic N) is 4. The molecule has 1 N–H and O–H groups in total. The highest BCUT2D eigenvalue weighted by Crippen LogP contribution is 2.20. The molecular formula is C14H15N5O. The highest BCUT2D eigenvalue weighted by atomic mass is 16.5. The van der Waals surface area contributed by atoms with E-state index in [1.165, 1.54) is 0 Å². The van der Waals surface area contributed by atoms with E-state index in [2.05, 4.69) is 20.6 Å². The lowest BCUT2D eigenvalue weighted by Crippen LogP contribution is -2.10. The molecule has 0 bridgehead atoms. The first-order valence-electron chi connectivity index (χ1n) is 6.32. The third-order valence-corrected chi connectivity index (χ3v) is 3.05. The maximum Gasteiger partial charge on any atom is 0.177 e. The second-order valence-electron chi connectivity index (χ2n) is 4.36. The predicted molar refractivity (Wildman–Crippen MR) is 75.5 cm³/mol. The molecule has 6 nitrogen and oxygen atoms in total. The predicted octanol–water partition coefficient (Wildman–Crippen LogP) is 1.52. The Balaban J connectivity index is 2.04. The van der Waals surface area contributed by atoms with Gasteiger partial charge in [-0.25, -0.2) is 0 Å². The minimum Gasteiger partial charge on any atom is -0.497 e. The highest BCUT2D eigenvalue weighted by molar-refractivity contribution is 5.61. The summed E-state index contributed by atoms with van der Waals surface area (Å²) >= 11 is 0. The molecular weight excluding hydrogens is 254 g/mol. The summed E-state index contributed by atoms with van der Waals surface area (Å²) < 4.78 is 6.92. The van der Waals surface area contributed by atoms with Gasteiger partial charge in [0.05, 0.1) is 19.3 Å². The van der Waals surface area contributed by atoms with Crippen LogP contribution in [0, 0.1) is 0 Å². The van der Waals surface area contributed by atoms with Gasteiger partial charge in [-0.05, 0) is 43.4 Å². The molecule has 0 amide bonds. The van der Waals surface area contributed by atoms with E-state index < -0.39 is 0 Å². The van der Waals surface area contributed by atoms with Gasteiger partial charge in [0.15, 0.2) is 11.5 Å². The molecule has 2 heterocycles. The van der Waals surface area contributed by atoms with E-state index >= 15 is 0 Å². The van der Waals surface area contributed by atoms with Crippen LogP contribution in [0.5, 0.6) is 5.75 Å². The number of benzene rings is 1. The molecule has 0 unspecified atom stereocenters. The summed E-state index contributed by atoms with van der Waals surface area (Å²) in [5, 5.41) is 15.9. The van der Waals surface area contributed by atoms with Crippen LogP contribution in [0.1, 0.15) is 5.82 Å². The van der Waals surface area contributed by atoms with Crippen LogP contribution in [0.25, 0.3) is 16.9 Å². The summed E-state index contributed by atoms with van der Waals surface area (Å²) in [5.41, 5.74) is 2.64. The zero-order valence-corrected chi connectivity index (χ0v) is 11.4. The first kappa shape index (κ1) is 12.6. The zero-order valence-electron chi connectivity index (χ0n) is 11.4. The molecule has 3 rings (SSSR count). The minimum atomic E-state index is 0.625. The van der Waals surface area contributed by atoms with Crippen molar-refractivity contribution in [2.45, 2.75) is 6.54 Å². The zero-order chi connectivity index (χ0) is 13.9. The van der Waals surface area contributed by atoms with Crippen LogP contribution in [0.4, 0.5) is 0 Å². The van der Waals surface area contributed by atoms with Gasteiger partial charge < -0.3 is 10.1 Å². The van der Waals surface area contributed by atoms with Gasteiger partial charge >= 0.3 is 0 Å². The lowest BCUT2D eigenvalue weighted by molar-refractivity contribution is 0.415. The van der Waals surface area contributed by atoms with Crippen molar-refractivity contribution in [2.75, 3.05) is 14.2 Å². The largest absolute Gasteiger partial charge is 0.497 e. The topological polar surface area (TPSA) is 64.3 Å². The number of hydrogen-bond donors (Lipinski definition) is 1. The molecule has 0 saturated carbocycles. The maximum absolute atomic E-state index is 5.16. The second-order valence-corrected chi connectivity index (χ2v) is 4.36. The quantitative estimate of drug-likeness (QED) is 0.778. The Bertz CT molecular complexity index is 720. The van der Waals surface area contributed by atoms with Gasteiger partial charge in [0.25, 0.3) is 0 Å². The molecule has 2 aromatic heterocycles.